The first-order valence-corrected chi connectivity index (χ1v) is 9.40. The van der Waals surface area contributed by atoms with E-state index in [0.29, 0.717) is 17.9 Å². The molecule has 2 heteroatoms. The van der Waals surface area contributed by atoms with Gasteiger partial charge in [-0.25, -0.2) is 0 Å². The van der Waals surface area contributed by atoms with Crippen LogP contribution in [0.4, 0.5) is 0 Å². The lowest BCUT2D eigenvalue weighted by Gasteiger charge is -2.60. The molecule has 0 spiro atoms. The summed E-state index contributed by atoms with van der Waals surface area (Å²) < 4.78 is 5.95. The Balaban J connectivity index is 2.06. The maximum absolute atomic E-state index is 13.1. The highest BCUT2D eigenvalue weighted by Crippen LogP contribution is 2.61. The minimum Gasteiger partial charge on any atom is -0.465 e. The monoisotopic (exact) mass is 322 g/mol. The molecule has 3 atom stereocenters. The highest BCUT2D eigenvalue weighted by atomic mass is 16.5. The van der Waals surface area contributed by atoms with E-state index in [1.54, 1.807) is 0 Å². The van der Waals surface area contributed by atoms with Crippen LogP contribution in [-0.4, -0.2) is 12.6 Å². The van der Waals surface area contributed by atoms with E-state index >= 15 is 0 Å². The fourth-order valence-electron chi connectivity index (χ4n) is 5.23. The van der Waals surface area contributed by atoms with Crippen molar-refractivity contribution in [1.29, 1.82) is 0 Å². The zero-order chi connectivity index (χ0) is 17.8. The van der Waals surface area contributed by atoms with E-state index in [-0.39, 0.29) is 16.8 Å². The second-order valence-electron chi connectivity index (χ2n) is 10.9. The number of hydrogen-bond donors (Lipinski definition) is 0. The molecule has 0 aromatic heterocycles. The van der Waals surface area contributed by atoms with Gasteiger partial charge in [-0.2, -0.15) is 0 Å². The molecule has 2 bridgehead atoms. The molecule has 0 radical (unpaired) electrons. The lowest BCUT2D eigenvalue weighted by atomic mass is 9.46. The van der Waals surface area contributed by atoms with Crippen molar-refractivity contribution >= 4 is 5.97 Å². The van der Waals surface area contributed by atoms with Gasteiger partial charge in [0, 0.05) is 0 Å². The van der Waals surface area contributed by atoms with Gasteiger partial charge in [-0.1, -0.05) is 55.4 Å². The standard InChI is InChI=1S/C21H38O2/c1-18(2,3)21(9,19(4,5)6)17(22)23-13-14-10-11-15-12-16(14)20(15,7)8/h14-16H,10-13H2,1-9H3/t14-,15-,16-/m1/s1. The van der Waals surface area contributed by atoms with Crippen molar-refractivity contribution in [2.45, 2.75) is 81.6 Å². The van der Waals surface area contributed by atoms with Crippen LogP contribution in [0.5, 0.6) is 0 Å². The van der Waals surface area contributed by atoms with Crippen LogP contribution >= 0.6 is 0 Å². The van der Waals surface area contributed by atoms with Gasteiger partial charge in [-0.3, -0.25) is 4.79 Å². The molecule has 0 aromatic rings. The molecule has 0 N–H and O–H groups in total. The van der Waals surface area contributed by atoms with E-state index in [4.69, 9.17) is 4.74 Å². The SMILES string of the molecule is CC1(C)[C@@H]2CC[C@H](COC(=O)C(C)(C(C)(C)C)C(C)(C)C)[C@H]1C2. The van der Waals surface area contributed by atoms with Crippen LogP contribution < -0.4 is 0 Å². The average Bonchev–Trinajstić information content (AvgIpc) is 2.41. The van der Waals surface area contributed by atoms with Gasteiger partial charge in [-0.15, -0.1) is 0 Å². The molecule has 2 nitrogen and oxygen atoms in total. The molecule has 0 heterocycles. The molecule has 0 amide bonds. The number of carbonyl (C=O) groups is 1. The summed E-state index contributed by atoms with van der Waals surface area (Å²) in [5.74, 6) is 2.18. The quantitative estimate of drug-likeness (QED) is 0.623. The normalized spacial score (nSPS) is 30.6. The molecule has 0 unspecified atom stereocenters. The second kappa shape index (κ2) is 5.49. The Bertz CT molecular complexity index is 445. The maximum Gasteiger partial charge on any atom is 0.312 e. The van der Waals surface area contributed by atoms with Gasteiger partial charge in [0.05, 0.1) is 12.0 Å². The van der Waals surface area contributed by atoms with Crippen LogP contribution in [0, 0.1) is 39.4 Å². The van der Waals surface area contributed by atoms with Gasteiger partial charge < -0.3 is 4.74 Å². The summed E-state index contributed by atoms with van der Waals surface area (Å²) in [4.78, 5) is 13.1. The third-order valence-corrected chi connectivity index (χ3v) is 7.84. The lowest BCUT2D eigenvalue weighted by molar-refractivity contribution is -0.181. The molecule has 0 aliphatic heterocycles. The predicted octanol–water partition coefficient (Wildman–Crippen LogP) is 5.70. The van der Waals surface area contributed by atoms with Gasteiger partial charge in [0.25, 0.3) is 0 Å². The van der Waals surface area contributed by atoms with Crippen molar-refractivity contribution in [1.82, 2.24) is 0 Å². The minimum absolute atomic E-state index is 0.0169. The van der Waals surface area contributed by atoms with Crippen LogP contribution in [0.3, 0.4) is 0 Å². The fraction of sp³-hybridized carbons (Fsp3) is 0.952. The van der Waals surface area contributed by atoms with Crippen LogP contribution in [0.2, 0.25) is 0 Å². The highest BCUT2D eigenvalue weighted by Gasteiger charge is 2.56. The summed E-state index contributed by atoms with van der Waals surface area (Å²) in [6.07, 6.45) is 3.88. The second-order valence-corrected chi connectivity index (χ2v) is 10.9. The van der Waals surface area contributed by atoms with Crippen molar-refractivity contribution in [3.05, 3.63) is 0 Å². The molecular weight excluding hydrogens is 284 g/mol. The van der Waals surface area contributed by atoms with Crippen molar-refractivity contribution in [3.8, 4) is 0 Å². The fourth-order valence-corrected chi connectivity index (χ4v) is 5.23. The number of ether oxygens (including phenoxy) is 1. The van der Waals surface area contributed by atoms with Crippen LogP contribution in [-0.2, 0) is 9.53 Å². The summed E-state index contributed by atoms with van der Waals surface area (Å²) in [6, 6.07) is 0. The number of carbonyl (C=O) groups excluding carboxylic acids is 1. The first kappa shape index (κ1) is 18.8. The number of rotatable bonds is 3. The number of fused-ring (bicyclic) bond motifs is 2. The van der Waals surface area contributed by atoms with Crippen LogP contribution in [0.25, 0.3) is 0 Å². The van der Waals surface area contributed by atoms with Gasteiger partial charge in [0.1, 0.15) is 0 Å². The molecule has 3 rings (SSSR count). The summed E-state index contributed by atoms with van der Waals surface area (Å²) in [5.41, 5.74) is -0.301. The van der Waals surface area contributed by atoms with E-state index in [1.165, 1.54) is 19.3 Å². The minimum atomic E-state index is -0.494. The topological polar surface area (TPSA) is 26.3 Å². The van der Waals surface area contributed by atoms with E-state index in [1.807, 2.05) is 0 Å². The van der Waals surface area contributed by atoms with Gasteiger partial charge >= 0.3 is 5.97 Å². The molecule has 3 saturated carbocycles. The third kappa shape index (κ3) is 2.85. The predicted molar refractivity (Wildman–Crippen MR) is 96.1 cm³/mol. The summed E-state index contributed by atoms with van der Waals surface area (Å²) in [5, 5.41) is 0. The summed E-state index contributed by atoms with van der Waals surface area (Å²) >= 11 is 0. The first-order chi connectivity index (χ1) is 10.2. The molecule has 3 aliphatic carbocycles. The Morgan fingerprint density at radius 2 is 1.52 bits per heavy atom. The lowest BCUT2D eigenvalue weighted by Crippen LogP contribution is -2.54. The Labute approximate surface area is 143 Å². The van der Waals surface area contributed by atoms with Gasteiger partial charge in [0.15, 0.2) is 0 Å². The Hall–Kier alpha value is -0.530. The smallest absolute Gasteiger partial charge is 0.312 e. The van der Waals surface area contributed by atoms with Crippen molar-refractivity contribution in [2.24, 2.45) is 39.4 Å². The van der Waals surface area contributed by atoms with E-state index < -0.39 is 5.41 Å². The van der Waals surface area contributed by atoms with Crippen LogP contribution in [0.15, 0.2) is 0 Å². The molecule has 23 heavy (non-hydrogen) atoms. The molecule has 134 valence electrons. The average molecular weight is 323 g/mol. The molecule has 3 aliphatic rings. The van der Waals surface area contributed by atoms with Gasteiger partial charge in [0.2, 0.25) is 0 Å². The zero-order valence-corrected chi connectivity index (χ0v) is 16.9. The zero-order valence-electron chi connectivity index (χ0n) is 16.9. The summed E-state index contributed by atoms with van der Waals surface area (Å²) in [6.45, 7) is 20.4. The maximum atomic E-state index is 13.1. The largest absolute Gasteiger partial charge is 0.465 e. The molecule has 0 aromatic carbocycles. The Kier molecular flexibility index (Phi) is 4.49. The summed E-state index contributed by atoms with van der Waals surface area (Å²) in [7, 11) is 0. The molecule has 3 fully saturated rings. The van der Waals surface area contributed by atoms with Crippen molar-refractivity contribution < 1.29 is 9.53 Å². The van der Waals surface area contributed by atoms with E-state index in [2.05, 4.69) is 62.3 Å². The third-order valence-electron chi connectivity index (χ3n) is 7.84. The van der Waals surface area contributed by atoms with E-state index in [9.17, 15) is 4.79 Å². The van der Waals surface area contributed by atoms with Crippen molar-refractivity contribution in [3.63, 3.8) is 0 Å². The van der Waals surface area contributed by atoms with Gasteiger partial charge in [-0.05, 0) is 60.2 Å². The number of hydrogen-bond acceptors (Lipinski definition) is 2. The number of esters is 1. The molecular formula is C21H38O2. The molecule has 0 saturated heterocycles. The Morgan fingerprint density at radius 3 is 1.91 bits per heavy atom. The highest BCUT2D eigenvalue weighted by molar-refractivity contribution is 5.78. The first-order valence-electron chi connectivity index (χ1n) is 9.40. The van der Waals surface area contributed by atoms with Crippen LogP contribution in [0.1, 0.15) is 81.6 Å². The van der Waals surface area contributed by atoms with Crippen molar-refractivity contribution in [2.75, 3.05) is 6.61 Å². The Morgan fingerprint density at radius 1 is 1.00 bits per heavy atom. The van der Waals surface area contributed by atoms with E-state index in [0.717, 1.165) is 11.8 Å².